The highest BCUT2D eigenvalue weighted by molar-refractivity contribution is 8.03. The molecule has 27 heavy (non-hydrogen) atoms. The number of benzene rings is 2. The molecule has 0 radical (unpaired) electrons. The van der Waals surface area contributed by atoms with Crippen molar-refractivity contribution in [1.82, 2.24) is 4.90 Å². The molecule has 0 saturated carbocycles. The maximum absolute atomic E-state index is 12.9. The highest BCUT2D eigenvalue weighted by Crippen LogP contribution is 2.37. The molecule has 1 aliphatic heterocycles. The number of ether oxygens (including phenoxy) is 2. The van der Waals surface area contributed by atoms with Gasteiger partial charge in [-0.25, -0.2) is 0 Å². The molecule has 0 spiro atoms. The summed E-state index contributed by atoms with van der Waals surface area (Å²) >= 11 is 1.39. The summed E-state index contributed by atoms with van der Waals surface area (Å²) in [5, 5.41) is 0. The number of methoxy groups -OCH3 is 2. The Hall–Kier alpha value is -2.57. The van der Waals surface area contributed by atoms with Gasteiger partial charge in [0.1, 0.15) is 5.75 Å². The van der Waals surface area contributed by atoms with Gasteiger partial charge in [-0.2, -0.15) is 0 Å². The van der Waals surface area contributed by atoms with Gasteiger partial charge in [-0.05, 0) is 23.3 Å². The van der Waals surface area contributed by atoms with E-state index in [2.05, 4.69) is 0 Å². The molecule has 0 aromatic heterocycles. The van der Waals surface area contributed by atoms with Crippen molar-refractivity contribution in [2.45, 2.75) is 5.75 Å². The van der Waals surface area contributed by atoms with Gasteiger partial charge in [-0.15, -0.1) is 11.8 Å². The Morgan fingerprint density at radius 3 is 2.26 bits per heavy atom. The number of amides is 2. The third kappa shape index (κ3) is 4.23. The fraction of sp³-hybridized carbons (Fsp3) is 0.238. The second-order valence-electron chi connectivity index (χ2n) is 5.96. The normalized spacial score (nSPS) is 14.2. The van der Waals surface area contributed by atoms with Crippen molar-refractivity contribution in [2.24, 2.45) is 0 Å². The smallest absolute Gasteiger partial charge is 0.268 e. The number of carbonyl (C=O) groups is 2. The minimum absolute atomic E-state index is 0.239. The Balaban J connectivity index is 1.92. The second kappa shape index (κ2) is 8.88. The first kappa shape index (κ1) is 19.2. The Morgan fingerprint density at radius 2 is 1.63 bits per heavy atom. The molecule has 0 bridgehead atoms. The third-order valence-electron chi connectivity index (χ3n) is 4.25. The zero-order valence-electron chi connectivity index (χ0n) is 15.3. The summed E-state index contributed by atoms with van der Waals surface area (Å²) in [7, 11) is 3.14. The van der Waals surface area contributed by atoms with E-state index in [-0.39, 0.29) is 18.4 Å². The lowest BCUT2D eigenvalue weighted by Crippen LogP contribution is -2.34. The van der Waals surface area contributed by atoms with Crippen LogP contribution in [-0.4, -0.2) is 44.1 Å². The first-order valence-electron chi connectivity index (χ1n) is 8.56. The molecule has 0 atom stereocenters. The van der Waals surface area contributed by atoms with Crippen molar-refractivity contribution >= 4 is 29.1 Å². The van der Waals surface area contributed by atoms with Gasteiger partial charge in [0.15, 0.2) is 0 Å². The molecule has 0 fully saturated rings. The molecule has 2 aromatic carbocycles. The van der Waals surface area contributed by atoms with Crippen LogP contribution in [0.15, 0.2) is 59.5 Å². The van der Waals surface area contributed by atoms with Crippen molar-refractivity contribution in [1.29, 1.82) is 0 Å². The SMILES string of the molecule is COCCN1C(=O)C(SCc2ccccc2)=C(c2ccc(OC)cc2)C1=O. The van der Waals surface area contributed by atoms with Crippen LogP contribution in [0, 0.1) is 0 Å². The summed E-state index contributed by atoms with van der Waals surface area (Å²) in [4.78, 5) is 27.6. The Labute approximate surface area is 163 Å². The molecule has 2 amide bonds. The van der Waals surface area contributed by atoms with Crippen LogP contribution in [-0.2, 0) is 20.1 Å². The van der Waals surface area contributed by atoms with Gasteiger partial charge in [0, 0.05) is 12.9 Å². The summed E-state index contributed by atoms with van der Waals surface area (Å²) in [5.74, 6) is 0.778. The number of hydrogen-bond acceptors (Lipinski definition) is 5. The van der Waals surface area contributed by atoms with Crippen LogP contribution in [0.3, 0.4) is 0 Å². The molecule has 140 valence electrons. The number of nitrogens with zero attached hydrogens (tertiary/aromatic N) is 1. The van der Waals surface area contributed by atoms with Crippen molar-refractivity contribution in [3.63, 3.8) is 0 Å². The zero-order chi connectivity index (χ0) is 19.2. The van der Waals surface area contributed by atoms with E-state index >= 15 is 0 Å². The van der Waals surface area contributed by atoms with Gasteiger partial charge in [0.05, 0.1) is 30.7 Å². The maximum atomic E-state index is 12.9. The Bertz CT molecular complexity index is 846. The highest BCUT2D eigenvalue weighted by Gasteiger charge is 2.38. The Kier molecular flexibility index (Phi) is 6.32. The fourth-order valence-electron chi connectivity index (χ4n) is 2.82. The molecule has 0 N–H and O–H groups in total. The van der Waals surface area contributed by atoms with Crippen LogP contribution in [0.25, 0.3) is 5.57 Å². The molecule has 6 heteroatoms. The quantitative estimate of drug-likeness (QED) is 0.655. The van der Waals surface area contributed by atoms with E-state index in [9.17, 15) is 9.59 Å². The van der Waals surface area contributed by atoms with Crippen LogP contribution in [0.4, 0.5) is 0 Å². The topological polar surface area (TPSA) is 55.8 Å². The average Bonchev–Trinajstić information content (AvgIpc) is 2.95. The first-order valence-corrected chi connectivity index (χ1v) is 9.54. The van der Waals surface area contributed by atoms with Crippen molar-refractivity contribution < 1.29 is 19.1 Å². The molecule has 1 aliphatic rings. The molecule has 2 aromatic rings. The summed E-state index contributed by atoms with van der Waals surface area (Å²) in [6, 6.07) is 17.1. The second-order valence-corrected chi connectivity index (χ2v) is 6.95. The van der Waals surface area contributed by atoms with E-state index in [1.54, 1.807) is 26.4 Å². The van der Waals surface area contributed by atoms with E-state index in [0.717, 1.165) is 5.56 Å². The molecular formula is C21H21NO4S. The standard InChI is InChI=1S/C21H21NO4S/c1-25-13-12-22-20(23)18(16-8-10-17(26-2)11-9-16)19(21(22)24)27-14-15-6-4-3-5-7-15/h3-11H,12-14H2,1-2H3. The van der Waals surface area contributed by atoms with Gasteiger partial charge < -0.3 is 9.47 Å². The number of thioether (sulfide) groups is 1. The van der Waals surface area contributed by atoms with Crippen molar-refractivity contribution in [2.75, 3.05) is 27.4 Å². The molecule has 5 nitrogen and oxygen atoms in total. The zero-order valence-corrected chi connectivity index (χ0v) is 16.1. The van der Waals surface area contributed by atoms with Crippen LogP contribution >= 0.6 is 11.8 Å². The number of imide groups is 1. The van der Waals surface area contributed by atoms with Crippen molar-refractivity contribution in [3.05, 3.63) is 70.6 Å². The largest absolute Gasteiger partial charge is 0.497 e. The number of rotatable bonds is 8. The van der Waals surface area contributed by atoms with E-state index in [4.69, 9.17) is 9.47 Å². The van der Waals surface area contributed by atoms with E-state index in [1.165, 1.54) is 16.7 Å². The summed E-state index contributed by atoms with van der Waals surface area (Å²) in [6.07, 6.45) is 0. The summed E-state index contributed by atoms with van der Waals surface area (Å²) in [5.41, 5.74) is 2.25. The van der Waals surface area contributed by atoms with Crippen LogP contribution in [0.2, 0.25) is 0 Å². The lowest BCUT2D eigenvalue weighted by molar-refractivity contribution is -0.137. The average molecular weight is 383 g/mol. The van der Waals surface area contributed by atoms with Crippen LogP contribution in [0.1, 0.15) is 11.1 Å². The summed E-state index contributed by atoms with van der Waals surface area (Å²) in [6.45, 7) is 0.549. The van der Waals surface area contributed by atoms with Crippen molar-refractivity contribution in [3.8, 4) is 5.75 Å². The maximum Gasteiger partial charge on any atom is 0.268 e. The molecule has 0 aliphatic carbocycles. The minimum Gasteiger partial charge on any atom is -0.497 e. The molecule has 3 rings (SSSR count). The highest BCUT2D eigenvalue weighted by atomic mass is 32.2. The third-order valence-corrected chi connectivity index (χ3v) is 5.39. The van der Waals surface area contributed by atoms with Crippen LogP contribution in [0.5, 0.6) is 5.75 Å². The van der Waals surface area contributed by atoms with E-state index in [0.29, 0.717) is 34.2 Å². The lowest BCUT2D eigenvalue weighted by Gasteiger charge is -2.14. The Morgan fingerprint density at radius 1 is 0.926 bits per heavy atom. The van der Waals surface area contributed by atoms with Gasteiger partial charge in [0.2, 0.25) is 0 Å². The first-order chi connectivity index (χ1) is 13.2. The fourth-order valence-corrected chi connectivity index (χ4v) is 3.90. The monoisotopic (exact) mass is 383 g/mol. The van der Waals surface area contributed by atoms with Gasteiger partial charge >= 0.3 is 0 Å². The summed E-state index contributed by atoms with van der Waals surface area (Å²) < 4.78 is 10.2. The molecular weight excluding hydrogens is 362 g/mol. The predicted molar refractivity (Wildman–Crippen MR) is 106 cm³/mol. The molecule has 0 unspecified atom stereocenters. The predicted octanol–water partition coefficient (Wildman–Crippen LogP) is 3.35. The van der Waals surface area contributed by atoms with Gasteiger partial charge in [-0.1, -0.05) is 42.5 Å². The number of carbonyl (C=O) groups excluding carboxylic acids is 2. The number of hydrogen-bond donors (Lipinski definition) is 0. The molecule has 0 saturated heterocycles. The molecule has 1 heterocycles. The van der Waals surface area contributed by atoms with Gasteiger partial charge in [-0.3, -0.25) is 14.5 Å². The van der Waals surface area contributed by atoms with E-state index < -0.39 is 0 Å². The van der Waals surface area contributed by atoms with Gasteiger partial charge in [0.25, 0.3) is 11.8 Å². The van der Waals surface area contributed by atoms with E-state index in [1.807, 2.05) is 42.5 Å². The van der Waals surface area contributed by atoms with Crippen LogP contribution < -0.4 is 4.74 Å². The minimum atomic E-state index is -0.280. The lowest BCUT2D eigenvalue weighted by atomic mass is 10.1.